The third-order valence-electron chi connectivity index (χ3n) is 2.79. The number of amides is 1. The van der Waals surface area contributed by atoms with Crippen molar-refractivity contribution < 1.29 is 9.21 Å². The van der Waals surface area contributed by atoms with E-state index in [1.54, 1.807) is 42.5 Å². The van der Waals surface area contributed by atoms with Gasteiger partial charge in [-0.05, 0) is 30.3 Å². The second-order valence-corrected chi connectivity index (χ2v) is 4.17. The summed E-state index contributed by atoms with van der Waals surface area (Å²) in [5, 5.41) is 3.19. The number of rotatable bonds is 2. The van der Waals surface area contributed by atoms with E-state index in [0.29, 0.717) is 10.9 Å². The first-order chi connectivity index (χ1) is 9.74. The first kappa shape index (κ1) is 12.1. The van der Waals surface area contributed by atoms with Crippen LogP contribution in [0.1, 0.15) is 10.4 Å². The summed E-state index contributed by atoms with van der Waals surface area (Å²) in [7, 11) is 0. The largest absolute Gasteiger partial charge is 0.402 e. The van der Waals surface area contributed by atoms with Crippen LogP contribution in [0, 0.1) is 0 Å². The van der Waals surface area contributed by atoms with Crippen LogP contribution in [-0.4, -0.2) is 10.9 Å². The van der Waals surface area contributed by atoms with Gasteiger partial charge in [-0.25, -0.2) is 9.78 Å². The van der Waals surface area contributed by atoms with E-state index in [0.717, 1.165) is 0 Å². The highest BCUT2D eigenvalue weighted by Crippen LogP contribution is 2.13. The Balaban J connectivity index is 1.97. The molecular weight excluding hydrogens is 256 g/mol. The van der Waals surface area contributed by atoms with Crippen molar-refractivity contribution in [2.45, 2.75) is 0 Å². The van der Waals surface area contributed by atoms with Crippen LogP contribution in [0.15, 0.2) is 63.9 Å². The Morgan fingerprint density at radius 3 is 2.70 bits per heavy atom. The van der Waals surface area contributed by atoms with Crippen LogP contribution in [0.5, 0.6) is 0 Å². The zero-order chi connectivity index (χ0) is 13.9. The normalized spacial score (nSPS) is 10.4. The molecule has 0 spiro atoms. The van der Waals surface area contributed by atoms with E-state index < -0.39 is 5.63 Å². The number of hydrogen-bond donors (Lipinski definition) is 1. The summed E-state index contributed by atoms with van der Waals surface area (Å²) >= 11 is 0. The molecule has 0 aliphatic heterocycles. The van der Waals surface area contributed by atoms with Crippen molar-refractivity contribution in [1.29, 1.82) is 0 Å². The van der Waals surface area contributed by atoms with Crippen molar-refractivity contribution in [2.75, 3.05) is 5.32 Å². The Kier molecular flexibility index (Phi) is 3.01. The molecule has 0 unspecified atom stereocenters. The number of anilines is 1. The molecule has 0 bridgehead atoms. The van der Waals surface area contributed by atoms with Crippen molar-refractivity contribution in [3.8, 4) is 0 Å². The van der Waals surface area contributed by atoms with Gasteiger partial charge in [0, 0.05) is 17.1 Å². The molecule has 0 fully saturated rings. The van der Waals surface area contributed by atoms with Crippen LogP contribution in [0.4, 0.5) is 5.69 Å². The molecule has 1 amide bonds. The van der Waals surface area contributed by atoms with E-state index in [-0.39, 0.29) is 17.3 Å². The lowest BCUT2D eigenvalue weighted by atomic mass is 10.2. The molecule has 0 aliphatic rings. The summed E-state index contributed by atoms with van der Waals surface area (Å²) in [6, 6.07) is 13.7. The summed E-state index contributed by atoms with van der Waals surface area (Å²) in [4.78, 5) is 27.7. The van der Waals surface area contributed by atoms with Gasteiger partial charge in [0.25, 0.3) is 5.91 Å². The minimum absolute atomic E-state index is 0.0966. The van der Waals surface area contributed by atoms with Gasteiger partial charge in [-0.3, -0.25) is 4.79 Å². The van der Waals surface area contributed by atoms with E-state index >= 15 is 0 Å². The molecule has 1 N–H and O–H groups in total. The summed E-state index contributed by atoms with van der Waals surface area (Å²) < 4.78 is 5.05. The number of hydrogen-bond acceptors (Lipinski definition) is 4. The lowest BCUT2D eigenvalue weighted by Gasteiger charge is -2.04. The standard InChI is InChI=1S/C15H10N2O3/c18-13(10-5-2-1-3-6-10)17-12-9-11-7-4-8-16-14(11)20-15(12)19/h1-9H,(H,17,18). The number of fused-ring (bicyclic) bond motifs is 1. The second kappa shape index (κ2) is 4.97. The molecule has 5 nitrogen and oxygen atoms in total. The molecule has 20 heavy (non-hydrogen) atoms. The molecule has 2 aromatic heterocycles. The van der Waals surface area contributed by atoms with Gasteiger partial charge >= 0.3 is 5.63 Å². The smallest absolute Gasteiger partial charge is 0.361 e. The van der Waals surface area contributed by atoms with Gasteiger partial charge in [-0.1, -0.05) is 18.2 Å². The highest BCUT2D eigenvalue weighted by molar-refractivity contribution is 6.04. The predicted molar refractivity (Wildman–Crippen MR) is 74.7 cm³/mol. The Morgan fingerprint density at radius 1 is 1.10 bits per heavy atom. The van der Waals surface area contributed by atoms with Crippen molar-refractivity contribution >= 4 is 22.7 Å². The molecule has 1 aromatic carbocycles. The molecule has 5 heteroatoms. The van der Waals surface area contributed by atoms with E-state index in [1.807, 2.05) is 6.07 Å². The molecule has 0 atom stereocenters. The molecule has 0 saturated heterocycles. The molecule has 0 radical (unpaired) electrons. The number of nitrogens with one attached hydrogen (secondary N) is 1. The third-order valence-corrected chi connectivity index (χ3v) is 2.79. The molecule has 98 valence electrons. The first-order valence-corrected chi connectivity index (χ1v) is 5.99. The van der Waals surface area contributed by atoms with Crippen LogP contribution < -0.4 is 10.9 Å². The van der Waals surface area contributed by atoms with Crippen molar-refractivity contribution in [3.63, 3.8) is 0 Å². The molecule has 0 aliphatic carbocycles. The van der Waals surface area contributed by atoms with Gasteiger partial charge < -0.3 is 9.73 Å². The van der Waals surface area contributed by atoms with Gasteiger partial charge in [-0.2, -0.15) is 0 Å². The van der Waals surface area contributed by atoms with Crippen LogP contribution in [0.2, 0.25) is 0 Å². The summed E-state index contributed by atoms with van der Waals surface area (Å²) in [5.74, 6) is -0.360. The number of benzene rings is 1. The highest BCUT2D eigenvalue weighted by atomic mass is 16.4. The predicted octanol–water partition coefficient (Wildman–Crippen LogP) is 2.44. The Morgan fingerprint density at radius 2 is 1.90 bits per heavy atom. The lowest BCUT2D eigenvalue weighted by molar-refractivity contribution is 0.102. The molecule has 2 heterocycles. The summed E-state index contributed by atoms with van der Waals surface area (Å²) in [6.07, 6.45) is 1.54. The topological polar surface area (TPSA) is 72.2 Å². The van der Waals surface area contributed by atoms with E-state index in [9.17, 15) is 9.59 Å². The number of carbonyl (C=O) groups excluding carboxylic acids is 1. The van der Waals surface area contributed by atoms with Crippen molar-refractivity contribution in [1.82, 2.24) is 4.98 Å². The number of pyridine rings is 1. The number of aromatic nitrogens is 1. The van der Waals surface area contributed by atoms with E-state index in [2.05, 4.69) is 10.3 Å². The van der Waals surface area contributed by atoms with Crippen LogP contribution in [0.25, 0.3) is 11.1 Å². The molecule has 0 saturated carbocycles. The fourth-order valence-corrected chi connectivity index (χ4v) is 1.83. The lowest BCUT2D eigenvalue weighted by Crippen LogP contribution is -2.17. The van der Waals surface area contributed by atoms with Crippen LogP contribution >= 0.6 is 0 Å². The van der Waals surface area contributed by atoms with Gasteiger partial charge in [0.15, 0.2) is 0 Å². The molecular formula is C15H10N2O3. The summed E-state index contributed by atoms with van der Waals surface area (Å²) in [5.41, 5.74) is 0.188. The Labute approximate surface area is 113 Å². The zero-order valence-corrected chi connectivity index (χ0v) is 10.4. The minimum Gasteiger partial charge on any atom is -0.402 e. The van der Waals surface area contributed by atoms with Gasteiger partial charge in [-0.15, -0.1) is 0 Å². The van der Waals surface area contributed by atoms with Crippen molar-refractivity contribution in [3.05, 3.63) is 70.7 Å². The van der Waals surface area contributed by atoms with E-state index in [1.165, 1.54) is 6.20 Å². The fraction of sp³-hybridized carbons (Fsp3) is 0. The second-order valence-electron chi connectivity index (χ2n) is 4.17. The molecule has 3 rings (SSSR count). The zero-order valence-electron chi connectivity index (χ0n) is 10.4. The summed E-state index contributed by atoms with van der Waals surface area (Å²) in [6.45, 7) is 0. The Hall–Kier alpha value is -2.95. The average molecular weight is 266 g/mol. The first-order valence-electron chi connectivity index (χ1n) is 5.99. The monoisotopic (exact) mass is 266 g/mol. The number of nitrogens with zero attached hydrogens (tertiary/aromatic N) is 1. The Bertz CT molecular complexity index is 825. The minimum atomic E-state index is -0.625. The number of carbonyl (C=O) groups is 1. The average Bonchev–Trinajstić information content (AvgIpc) is 2.49. The maximum absolute atomic E-state index is 12.0. The molecule has 3 aromatic rings. The van der Waals surface area contributed by atoms with Crippen LogP contribution in [-0.2, 0) is 0 Å². The maximum atomic E-state index is 12.0. The van der Waals surface area contributed by atoms with Crippen LogP contribution in [0.3, 0.4) is 0 Å². The maximum Gasteiger partial charge on any atom is 0.361 e. The fourth-order valence-electron chi connectivity index (χ4n) is 1.83. The van der Waals surface area contributed by atoms with Crippen molar-refractivity contribution in [2.24, 2.45) is 0 Å². The third kappa shape index (κ3) is 2.29. The quantitative estimate of drug-likeness (QED) is 0.773. The highest BCUT2D eigenvalue weighted by Gasteiger charge is 2.10. The van der Waals surface area contributed by atoms with E-state index in [4.69, 9.17) is 4.42 Å². The van der Waals surface area contributed by atoms with Gasteiger partial charge in [0.1, 0.15) is 5.69 Å². The SMILES string of the molecule is O=C(Nc1cc2cccnc2oc1=O)c1ccccc1. The van der Waals surface area contributed by atoms with Gasteiger partial charge in [0.05, 0.1) is 0 Å². The van der Waals surface area contributed by atoms with Gasteiger partial charge in [0.2, 0.25) is 5.71 Å².